The number of aliphatic hydroxyl groups is 1. The van der Waals surface area contributed by atoms with Crippen LogP contribution in [0.15, 0.2) is 48.5 Å². The van der Waals surface area contributed by atoms with Gasteiger partial charge in [-0.3, -0.25) is 4.79 Å². The zero-order valence-corrected chi connectivity index (χ0v) is 16.0. The number of ether oxygens (including phenoxy) is 1. The van der Waals surface area contributed by atoms with Crippen molar-refractivity contribution in [3.05, 3.63) is 59.7 Å². The average molecular weight is 365 g/mol. The molecule has 2 heterocycles. The van der Waals surface area contributed by atoms with Gasteiger partial charge in [-0.25, -0.2) is 0 Å². The van der Waals surface area contributed by atoms with E-state index in [2.05, 4.69) is 6.92 Å². The molecule has 0 radical (unpaired) electrons. The summed E-state index contributed by atoms with van der Waals surface area (Å²) in [5.41, 5.74) is 1.72. The van der Waals surface area contributed by atoms with Crippen LogP contribution in [0.1, 0.15) is 48.5 Å². The fourth-order valence-electron chi connectivity index (χ4n) is 4.89. The Morgan fingerprint density at radius 1 is 1.19 bits per heavy atom. The summed E-state index contributed by atoms with van der Waals surface area (Å²) in [6.07, 6.45) is 3.88. The van der Waals surface area contributed by atoms with Gasteiger partial charge in [0.15, 0.2) is 0 Å². The van der Waals surface area contributed by atoms with Crippen molar-refractivity contribution in [1.29, 1.82) is 0 Å². The second-order valence-corrected chi connectivity index (χ2v) is 7.98. The normalized spacial score (nSPS) is 26.4. The summed E-state index contributed by atoms with van der Waals surface area (Å²) in [5.74, 6) is 1.59. The first-order chi connectivity index (χ1) is 13.1. The number of carbonyl (C=O) groups excluding carboxylic acids is 1. The lowest BCUT2D eigenvalue weighted by molar-refractivity contribution is 0.0557. The molecule has 0 saturated carbocycles. The molecule has 0 spiro atoms. The fourth-order valence-corrected chi connectivity index (χ4v) is 4.89. The molecule has 3 atom stereocenters. The summed E-state index contributed by atoms with van der Waals surface area (Å²) < 4.78 is 5.88. The molecule has 1 N–H and O–H groups in total. The van der Waals surface area contributed by atoms with E-state index in [4.69, 9.17) is 4.74 Å². The van der Waals surface area contributed by atoms with Gasteiger partial charge >= 0.3 is 0 Å². The summed E-state index contributed by atoms with van der Waals surface area (Å²) >= 11 is 0. The number of nitrogens with zero attached hydrogens (tertiary/aromatic N) is 1. The third-order valence-electron chi connectivity index (χ3n) is 6.43. The highest BCUT2D eigenvalue weighted by molar-refractivity contribution is 5.95. The number of amides is 1. The number of carbonyl (C=O) groups is 1. The third kappa shape index (κ3) is 3.12. The number of aryl methyl sites for hydroxylation is 1. The maximum absolute atomic E-state index is 13.1. The highest BCUT2D eigenvalue weighted by Crippen LogP contribution is 2.51. The molecular weight excluding hydrogens is 338 g/mol. The SMILES string of the molecule is CC[C@]1(CO)C[C@H]2CC[C@@H]1N2C(=O)c1ccc(Oc2cccc(C)c2)cc1. The molecule has 4 rings (SSSR count). The summed E-state index contributed by atoms with van der Waals surface area (Å²) in [4.78, 5) is 15.2. The van der Waals surface area contributed by atoms with E-state index >= 15 is 0 Å². The number of benzene rings is 2. The predicted molar refractivity (Wildman–Crippen MR) is 105 cm³/mol. The van der Waals surface area contributed by atoms with E-state index in [9.17, 15) is 9.90 Å². The molecule has 4 nitrogen and oxygen atoms in total. The van der Waals surface area contributed by atoms with E-state index in [-0.39, 0.29) is 30.0 Å². The predicted octanol–water partition coefficient (Wildman–Crippen LogP) is 4.55. The van der Waals surface area contributed by atoms with Crippen LogP contribution in [0.5, 0.6) is 11.5 Å². The molecule has 0 unspecified atom stereocenters. The number of hydrogen-bond donors (Lipinski definition) is 1. The standard InChI is InChI=1S/C23H27NO3/c1-3-23(15-25)14-18-9-12-21(23)24(18)22(26)17-7-10-19(11-8-17)27-20-6-4-5-16(2)13-20/h4-8,10-11,13,18,21,25H,3,9,12,14-15H2,1-2H3/t18-,21+,23-/m1/s1. The maximum atomic E-state index is 13.1. The van der Waals surface area contributed by atoms with Crippen molar-refractivity contribution in [2.45, 2.75) is 51.6 Å². The molecule has 1 amide bonds. The summed E-state index contributed by atoms with van der Waals surface area (Å²) in [5, 5.41) is 9.95. The Balaban J connectivity index is 1.50. The number of rotatable bonds is 5. The highest BCUT2D eigenvalue weighted by Gasteiger charge is 2.56. The van der Waals surface area contributed by atoms with Crippen LogP contribution >= 0.6 is 0 Å². The second kappa shape index (κ2) is 7.01. The minimum absolute atomic E-state index is 0.0772. The molecule has 2 aliphatic rings. The summed E-state index contributed by atoms with van der Waals surface area (Å²) in [6, 6.07) is 15.7. The monoisotopic (exact) mass is 365 g/mol. The van der Waals surface area contributed by atoms with Crippen LogP contribution < -0.4 is 4.74 Å². The van der Waals surface area contributed by atoms with Crippen LogP contribution in [-0.2, 0) is 0 Å². The van der Waals surface area contributed by atoms with Gasteiger partial charge in [0.05, 0.1) is 6.61 Å². The molecule has 2 saturated heterocycles. The Morgan fingerprint density at radius 2 is 1.96 bits per heavy atom. The van der Waals surface area contributed by atoms with E-state index < -0.39 is 0 Å². The molecule has 2 aromatic carbocycles. The van der Waals surface area contributed by atoms with Gasteiger partial charge in [-0.2, -0.15) is 0 Å². The van der Waals surface area contributed by atoms with Gasteiger partial charge in [0.25, 0.3) is 5.91 Å². The van der Waals surface area contributed by atoms with Crippen LogP contribution in [-0.4, -0.2) is 34.6 Å². The molecule has 27 heavy (non-hydrogen) atoms. The topological polar surface area (TPSA) is 49.8 Å². The minimum atomic E-state index is -0.118. The van der Waals surface area contributed by atoms with Gasteiger partial charge in [0.2, 0.25) is 0 Å². The molecule has 2 bridgehead atoms. The number of hydrogen-bond acceptors (Lipinski definition) is 3. The van der Waals surface area contributed by atoms with Gasteiger partial charge in [0.1, 0.15) is 11.5 Å². The molecule has 4 heteroatoms. The van der Waals surface area contributed by atoms with Crippen molar-refractivity contribution in [3.8, 4) is 11.5 Å². The molecule has 2 aromatic rings. The van der Waals surface area contributed by atoms with Crippen molar-refractivity contribution < 1.29 is 14.6 Å². The smallest absolute Gasteiger partial charge is 0.254 e. The Labute approximate surface area is 160 Å². The van der Waals surface area contributed by atoms with E-state index in [1.807, 2.05) is 60.4 Å². The number of aliphatic hydroxyl groups excluding tert-OH is 1. The van der Waals surface area contributed by atoms with Crippen molar-refractivity contribution in [2.24, 2.45) is 5.41 Å². The lowest BCUT2D eigenvalue weighted by Crippen LogP contribution is -2.42. The molecule has 0 aromatic heterocycles. The quantitative estimate of drug-likeness (QED) is 0.845. The van der Waals surface area contributed by atoms with E-state index in [0.717, 1.165) is 42.7 Å². The van der Waals surface area contributed by atoms with Crippen molar-refractivity contribution >= 4 is 5.91 Å². The molecular formula is C23H27NO3. The van der Waals surface area contributed by atoms with Gasteiger partial charge in [-0.15, -0.1) is 0 Å². The van der Waals surface area contributed by atoms with E-state index in [0.29, 0.717) is 5.56 Å². The fraction of sp³-hybridized carbons (Fsp3) is 0.435. The summed E-state index contributed by atoms with van der Waals surface area (Å²) in [7, 11) is 0. The molecule has 2 aliphatic heterocycles. The van der Waals surface area contributed by atoms with Crippen molar-refractivity contribution in [2.75, 3.05) is 6.61 Å². The van der Waals surface area contributed by atoms with Crippen LogP contribution in [0.4, 0.5) is 0 Å². The van der Waals surface area contributed by atoms with Crippen LogP contribution in [0, 0.1) is 12.3 Å². The van der Waals surface area contributed by atoms with Gasteiger partial charge in [0, 0.05) is 23.1 Å². The lowest BCUT2D eigenvalue weighted by Gasteiger charge is -2.34. The Bertz CT molecular complexity index is 826. The number of fused-ring (bicyclic) bond motifs is 2. The Kier molecular flexibility index (Phi) is 4.68. The first-order valence-electron chi connectivity index (χ1n) is 9.84. The van der Waals surface area contributed by atoms with Gasteiger partial charge in [-0.1, -0.05) is 19.1 Å². The van der Waals surface area contributed by atoms with Gasteiger partial charge in [-0.05, 0) is 74.6 Å². The molecule has 2 fully saturated rings. The third-order valence-corrected chi connectivity index (χ3v) is 6.43. The lowest BCUT2D eigenvalue weighted by atomic mass is 9.72. The average Bonchev–Trinajstić information content (AvgIpc) is 3.24. The zero-order valence-electron chi connectivity index (χ0n) is 16.0. The first kappa shape index (κ1) is 18.1. The van der Waals surface area contributed by atoms with Crippen molar-refractivity contribution in [3.63, 3.8) is 0 Å². The second-order valence-electron chi connectivity index (χ2n) is 7.98. The van der Waals surface area contributed by atoms with E-state index in [1.54, 1.807) is 0 Å². The Morgan fingerprint density at radius 3 is 2.59 bits per heavy atom. The van der Waals surface area contributed by atoms with Crippen LogP contribution in [0.3, 0.4) is 0 Å². The van der Waals surface area contributed by atoms with Crippen LogP contribution in [0.2, 0.25) is 0 Å². The summed E-state index contributed by atoms with van der Waals surface area (Å²) in [6.45, 7) is 4.32. The minimum Gasteiger partial charge on any atom is -0.457 e. The highest BCUT2D eigenvalue weighted by atomic mass is 16.5. The molecule has 0 aliphatic carbocycles. The van der Waals surface area contributed by atoms with Crippen molar-refractivity contribution in [1.82, 2.24) is 4.90 Å². The first-order valence-corrected chi connectivity index (χ1v) is 9.84. The Hall–Kier alpha value is -2.33. The van der Waals surface area contributed by atoms with Crippen LogP contribution in [0.25, 0.3) is 0 Å². The van der Waals surface area contributed by atoms with Gasteiger partial charge < -0.3 is 14.7 Å². The maximum Gasteiger partial charge on any atom is 0.254 e. The molecule has 142 valence electrons. The van der Waals surface area contributed by atoms with E-state index in [1.165, 1.54) is 0 Å². The largest absolute Gasteiger partial charge is 0.457 e. The zero-order chi connectivity index (χ0) is 19.0.